The fourth-order valence-electron chi connectivity index (χ4n) is 7.05. The van der Waals surface area contributed by atoms with Gasteiger partial charge in [0.15, 0.2) is 0 Å². The number of imidazole rings is 1. The van der Waals surface area contributed by atoms with Crippen molar-refractivity contribution in [2.24, 2.45) is 0 Å². The molecule has 244 valence electrons. The van der Waals surface area contributed by atoms with Crippen LogP contribution in [0, 0.1) is 0 Å². The number of carbonyl (C=O) groups is 2. The highest BCUT2D eigenvalue weighted by molar-refractivity contribution is 6.00. The monoisotopic (exact) mass is 650 g/mol. The first-order valence-corrected chi connectivity index (χ1v) is 16.6. The van der Waals surface area contributed by atoms with Gasteiger partial charge in [0, 0.05) is 46.3 Å². The molecule has 7 aromatic rings. The van der Waals surface area contributed by atoms with Crippen molar-refractivity contribution in [1.29, 1.82) is 0 Å². The number of H-pyrrole nitrogens is 1. The van der Waals surface area contributed by atoms with Crippen LogP contribution in [0.3, 0.4) is 0 Å². The number of carboxylic acids is 1. The Labute approximate surface area is 281 Å². The van der Waals surface area contributed by atoms with Gasteiger partial charge in [-0.25, -0.2) is 14.8 Å². The van der Waals surface area contributed by atoms with Crippen molar-refractivity contribution in [3.63, 3.8) is 0 Å². The predicted octanol–water partition coefficient (Wildman–Crippen LogP) is 7.43. The summed E-state index contributed by atoms with van der Waals surface area (Å²) in [5, 5.41) is 23.4. The lowest BCUT2D eigenvalue weighted by molar-refractivity contribution is -0.139. The number of aliphatic carboxylic acids is 1. The van der Waals surface area contributed by atoms with E-state index in [9.17, 15) is 19.8 Å². The van der Waals surface area contributed by atoms with E-state index in [-0.39, 0.29) is 18.2 Å². The topological polar surface area (TPSA) is 146 Å². The lowest BCUT2D eigenvalue weighted by atomic mass is 9.94. The molecule has 0 spiro atoms. The van der Waals surface area contributed by atoms with Crippen LogP contribution in [0.1, 0.15) is 54.1 Å². The molecule has 4 aromatic carbocycles. The summed E-state index contributed by atoms with van der Waals surface area (Å²) in [6.45, 7) is 0. The van der Waals surface area contributed by atoms with Crippen molar-refractivity contribution in [3.8, 4) is 28.4 Å². The summed E-state index contributed by atoms with van der Waals surface area (Å²) in [4.78, 5) is 43.6. The quantitative estimate of drug-likeness (QED) is 0.134. The van der Waals surface area contributed by atoms with Crippen LogP contribution in [-0.4, -0.2) is 52.6 Å². The Bertz CT molecular complexity index is 2360. The molecule has 10 heteroatoms. The molecule has 1 fully saturated rings. The summed E-state index contributed by atoms with van der Waals surface area (Å²) in [6, 6.07) is 25.4. The van der Waals surface area contributed by atoms with E-state index >= 15 is 0 Å². The molecule has 0 aliphatic heterocycles. The molecule has 49 heavy (non-hydrogen) atoms. The molecular weight excluding hydrogens is 616 g/mol. The second-order valence-electron chi connectivity index (χ2n) is 12.7. The minimum Gasteiger partial charge on any atom is -0.508 e. The smallest absolute Gasteiger partial charge is 0.326 e. The Morgan fingerprint density at radius 3 is 2.53 bits per heavy atom. The van der Waals surface area contributed by atoms with Gasteiger partial charge in [0.05, 0.1) is 34.0 Å². The maximum absolute atomic E-state index is 13.5. The van der Waals surface area contributed by atoms with Gasteiger partial charge in [-0.15, -0.1) is 0 Å². The summed E-state index contributed by atoms with van der Waals surface area (Å²) >= 11 is 0. The second-order valence-corrected chi connectivity index (χ2v) is 12.7. The van der Waals surface area contributed by atoms with E-state index in [1.54, 1.807) is 42.7 Å². The lowest BCUT2D eigenvalue weighted by Crippen LogP contribution is -2.42. The average Bonchev–Trinajstić information content (AvgIpc) is 3.72. The number of aromatic nitrogens is 5. The molecule has 4 N–H and O–H groups in total. The van der Waals surface area contributed by atoms with Gasteiger partial charge in [0.2, 0.25) is 0 Å². The number of phenols is 1. The van der Waals surface area contributed by atoms with E-state index in [4.69, 9.17) is 15.0 Å². The third-order valence-corrected chi connectivity index (χ3v) is 9.54. The minimum atomic E-state index is -1.18. The van der Waals surface area contributed by atoms with Gasteiger partial charge in [-0.1, -0.05) is 49.6 Å². The second kappa shape index (κ2) is 12.5. The maximum Gasteiger partial charge on any atom is 0.326 e. The van der Waals surface area contributed by atoms with E-state index in [2.05, 4.69) is 14.9 Å². The largest absolute Gasteiger partial charge is 0.508 e. The number of phenolic OH excluding ortho intramolecular Hbond substituents is 1. The van der Waals surface area contributed by atoms with Crippen molar-refractivity contribution in [3.05, 3.63) is 108 Å². The third kappa shape index (κ3) is 5.86. The first-order valence-electron chi connectivity index (χ1n) is 16.6. The number of fused-ring (bicyclic) bond motifs is 3. The molecule has 3 aromatic heterocycles. The van der Waals surface area contributed by atoms with Crippen LogP contribution >= 0.6 is 0 Å². The molecule has 0 unspecified atom stereocenters. The highest BCUT2D eigenvalue weighted by Gasteiger charge is 2.26. The number of nitrogens with one attached hydrogen (secondary N) is 2. The first-order chi connectivity index (χ1) is 23.9. The van der Waals surface area contributed by atoms with Crippen LogP contribution in [0.4, 0.5) is 0 Å². The van der Waals surface area contributed by atoms with Gasteiger partial charge in [-0.2, -0.15) is 0 Å². The molecule has 8 rings (SSSR count). The Hall–Kier alpha value is -6.03. The molecule has 1 saturated carbocycles. The zero-order chi connectivity index (χ0) is 33.5. The first kappa shape index (κ1) is 30.3. The highest BCUT2D eigenvalue weighted by Crippen LogP contribution is 2.37. The Morgan fingerprint density at radius 1 is 0.878 bits per heavy atom. The van der Waals surface area contributed by atoms with Crippen molar-refractivity contribution < 1.29 is 19.8 Å². The van der Waals surface area contributed by atoms with Crippen LogP contribution < -0.4 is 5.32 Å². The molecular formula is C39H34N6O4. The standard InChI is InChI=1S/C39H34N6O4/c46-28-13-15-30-29(20-28)26(21-40-30)19-34(39(48)49)44-38(47)25-12-16-36-33(18-25)43-37(45(36)27-9-5-2-6-10-27)24-11-14-31-32(17-24)41-22-35(42-31)23-7-3-1-4-8-23/h1,3-4,7-8,11-18,20-22,27,34,40,46H,2,5-6,9-10,19H2,(H,44,47)(H,48,49)/t34-/m0/s1. The number of amides is 1. The number of nitrogens with zero attached hydrogens (tertiary/aromatic N) is 4. The SMILES string of the molecule is O=C(N[C@@H](Cc1c[nH]c2ccc(O)cc12)C(=O)O)c1ccc2c(c1)nc(-c1ccc3nc(-c4ccccc4)cnc3c1)n2C1CCCCC1. The molecule has 0 saturated heterocycles. The van der Waals surface area contributed by atoms with Crippen LogP contribution in [0.5, 0.6) is 5.75 Å². The number of hydrogen-bond donors (Lipinski definition) is 4. The van der Waals surface area contributed by atoms with E-state index in [1.807, 2.05) is 54.6 Å². The lowest BCUT2D eigenvalue weighted by Gasteiger charge is -2.25. The Morgan fingerprint density at radius 2 is 1.71 bits per heavy atom. The summed E-state index contributed by atoms with van der Waals surface area (Å²) in [6.07, 6.45) is 9.13. The summed E-state index contributed by atoms with van der Waals surface area (Å²) in [7, 11) is 0. The fourth-order valence-corrected chi connectivity index (χ4v) is 7.05. The molecule has 1 amide bonds. The molecule has 0 radical (unpaired) electrons. The molecule has 3 heterocycles. The number of aromatic hydroxyl groups is 1. The molecule has 1 aliphatic carbocycles. The third-order valence-electron chi connectivity index (χ3n) is 9.54. The van der Waals surface area contributed by atoms with Gasteiger partial charge >= 0.3 is 5.97 Å². The normalized spacial score (nSPS) is 14.4. The van der Waals surface area contributed by atoms with Crippen LogP contribution in [0.2, 0.25) is 0 Å². The molecule has 0 bridgehead atoms. The van der Waals surface area contributed by atoms with Gasteiger partial charge in [0.25, 0.3) is 5.91 Å². The number of aromatic amines is 1. The number of carbonyl (C=O) groups excluding carboxylic acids is 1. The maximum atomic E-state index is 13.5. The van der Waals surface area contributed by atoms with Crippen LogP contribution in [-0.2, 0) is 11.2 Å². The summed E-state index contributed by atoms with van der Waals surface area (Å²) < 4.78 is 2.30. The highest BCUT2D eigenvalue weighted by atomic mass is 16.4. The zero-order valence-electron chi connectivity index (χ0n) is 26.6. The van der Waals surface area contributed by atoms with Gasteiger partial charge < -0.3 is 25.1 Å². The fraction of sp³-hybridized carbons (Fsp3) is 0.205. The number of rotatable bonds is 8. The van der Waals surface area contributed by atoms with Crippen molar-refractivity contribution >= 4 is 44.8 Å². The van der Waals surface area contributed by atoms with Crippen LogP contribution in [0.15, 0.2) is 97.3 Å². The van der Waals surface area contributed by atoms with Gasteiger partial charge in [-0.05, 0) is 73.0 Å². The molecule has 10 nitrogen and oxygen atoms in total. The summed E-state index contributed by atoms with van der Waals surface area (Å²) in [5.41, 5.74) is 7.67. The Balaban J connectivity index is 1.12. The predicted molar refractivity (Wildman–Crippen MR) is 188 cm³/mol. The van der Waals surface area contributed by atoms with Crippen molar-refractivity contribution in [1.82, 2.24) is 29.8 Å². The Kier molecular flexibility index (Phi) is 7.75. The van der Waals surface area contributed by atoms with Crippen molar-refractivity contribution in [2.75, 3.05) is 0 Å². The van der Waals surface area contributed by atoms with E-state index in [0.717, 1.165) is 70.4 Å². The van der Waals surface area contributed by atoms with Crippen molar-refractivity contribution in [2.45, 2.75) is 50.6 Å². The van der Waals surface area contributed by atoms with E-state index < -0.39 is 17.9 Å². The van der Waals surface area contributed by atoms with Crippen LogP contribution in [0.25, 0.3) is 55.6 Å². The minimum absolute atomic E-state index is 0.0466. The number of carboxylic acid groups (broad SMARTS) is 1. The number of benzene rings is 4. The molecule has 1 atom stereocenters. The number of hydrogen-bond acceptors (Lipinski definition) is 6. The average molecular weight is 651 g/mol. The van der Waals surface area contributed by atoms with E-state index in [0.29, 0.717) is 22.0 Å². The zero-order valence-corrected chi connectivity index (χ0v) is 26.6. The van der Waals surface area contributed by atoms with E-state index in [1.165, 1.54) is 6.42 Å². The summed E-state index contributed by atoms with van der Waals surface area (Å²) in [5.74, 6) is -0.760. The van der Waals surface area contributed by atoms with Gasteiger partial charge in [-0.3, -0.25) is 9.78 Å². The molecule has 1 aliphatic rings. The van der Waals surface area contributed by atoms with Gasteiger partial charge in [0.1, 0.15) is 17.6 Å².